The average Bonchev–Trinajstić information content (AvgIpc) is 2.68. The maximum Gasteiger partial charge on any atom is 0.343 e. The number of rotatable bonds is 5. The lowest BCUT2D eigenvalue weighted by Gasteiger charge is -2.33. The Kier molecular flexibility index (Phi) is 5.41. The van der Waals surface area contributed by atoms with Gasteiger partial charge in [-0.15, -0.1) is 0 Å². The van der Waals surface area contributed by atoms with Crippen molar-refractivity contribution in [1.82, 2.24) is 0 Å². The molecule has 1 aliphatic rings. The summed E-state index contributed by atoms with van der Waals surface area (Å²) in [6.07, 6.45) is 1.76. The van der Waals surface area contributed by atoms with Crippen LogP contribution < -0.4 is 20.1 Å². The summed E-state index contributed by atoms with van der Waals surface area (Å²) in [5, 5.41) is 0. The Labute approximate surface area is 152 Å². The first-order valence-electron chi connectivity index (χ1n) is 8.57. The summed E-state index contributed by atoms with van der Waals surface area (Å²) in [7, 11) is 1.58. The number of nitrogens with two attached hydrogens (primary N) is 1. The first kappa shape index (κ1) is 17.8. The van der Waals surface area contributed by atoms with Gasteiger partial charge in [0.2, 0.25) is 5.91 Å². The quantitative estimate of drug-likeness (QED) is 0.659. The van der Waals surface area contributed by atoms with Crippen LogP contribution in [0.2, 0.25) is 0 Å². The van der Waals surface area contributed by atoms with Crippen LogP contribution in [0.1, 0.15) is 23.2 Å². The molecule has 1 amide bonds. The normalized spacial score (nSPS) is 16.8. The third-order valence-electron chi connectivity index (χ3n) is 4.56. The predicted molar refractivity (Wildman–Crippen MR) is 98.5 cm³/mol. The fraction of sp³-hybridized carbons (Fsp3) is 0.300. The van der Waals surface area contributed by atoms with E-state index in [1.807, 2.05) is 12.1 Å². The molecule has 6 heteroatoms. The zero-order valence-electron chi connectivity index (χ0n) is 14.7. The number of hydrogen-bond acceptors (Lipinski definition) is 5. The van der Waals surface area contributed by atoms with Gasteiger partial charge >= 0.3 is 5.97 Å². The van der Waals surface area contributed by atoms with Crippen molar-refractivity contribution in [2.75, 3.05) is 25.1 Å². The van der Waals surface area contributed by atoms with Gasteiger partial charge in [-0.1, -0.05) is 0 Å². The first-order valence-corrected chi connectivity index (χ1v) is 8.57. The highest BCUT2D eigenvalue weighted by Crippen LogP contribution is 2.24. The minimum Gasteiger partial charge on any atom is -0.497 e. The minimum absolute atomic E-state index is 0.122. The Morgan fingerprint density at radius 1 is 1.04 bits per heavy atom. The van der Waals surface area contributed by atoms with Gasteiger partial charge in [0, 0.05) is 18.8 Å². The van der Waals surface area contributed by atoms with Crippen LogP contribution in [0.15, 0.2) is 48.5 Å². The van der Waals surface area contributed by atoms with E-state index < -0.39 is 5.97 Å². The second-order valence-electron chi connectivity index (χ2n) is 6.30. The Morgan fingerprint density at radius 2 is 1.69 bits per heavy atom. The molecule has 6 nitrogen and oxygen atoms in total. The van der Waals surface area contributed by atoms with Gasteiger partial charge in [-0.3, -0.25) is 4.79 Å². The van der Waals surface area contributed by atoms with Crippen molar-refractivity contribution in [3.8, 4) is 11.5 Å². The van der Waals surface area contributed by atoms with Crippen molar-refractivity contribution in [2.24, 2.45) is 11.7 Å². The Balaban J connectivity index is 1.64. The van der Waals surface area contributed by atoms with Crippen LogP contribution in [0.3, 0.4) is 0 Å². The Bertz CT molecular complexity index is 771. The van der Waals surface area contributed by atoms with Crippen LogP contribution in [-0.2, 0) is 4.79 Å². The number of piperidine rings is 1. The topological polar surface area (TPSA) is 81.9 Å². The molecule has 0 radical (unpaired) electrons. The summed E-state index contributed by atoms with van der Waals surface area (Å²) < 4.78 is 10.4. The number of nitrogens with zero attached hydrogens (tertiary/aromatic N) is 1. The molecule has 26 heavy (non-hydrogen) atoms. The van der Waals surface area contributed by atoms with Gasteiger partial charge in [0.15, 0.2) is 0 Å². The highest BCUT2D eigenvalue weighted by Gasteiger charge is 2.24. The highest BCUT2D eigenvalue weighted by molar-refractivity contribution is 5.91. The largest absolute Gasteiger partial charge is 0.497 e. The molecule has 1 atom stereocenters. The third-order valence-corrected chi connectivity index (χ3v) is 4.56. The molecule has 2 aromatic carbocycles. The van der Waals surface area contributed by atoms with Crippen LogP contribution in [0, 0.1) is 5.92 Å². The smallest absolute Gasteiger partial charge is 0.343 e. The van der Waals surface area contributed by atoms with E-state index in [1.165, 1.54) is 0 Å². The van der Waals surface area contributed by atoms with E-state index in [4.69, 9.17) is 15.2 Å². The van der Waals surface area contributed by atoms with Crippen molar-refractivity contribution in [3.05, 3.63) is 54.1 Å². The highest BCUT2D eigenvalue weighted by atomic mass is 16.5. The van der Waals surface area contributed by atoms with Gasteiger partial charge in [0.05, 0.1) is 18.6 Å². The average molecular weight is 354 g/mol. The molecule has 1 fully saturated rings. The molecule has 0 bridgehead atoms. The lowest BCUT2D eigenvalue weighted by Crippen LogP contribution is -2.41. The van der Waals surface area contributed by atoms with E-state index in [9.17, 15) is 9.59 Å². The van der Waals surface area contributed by atoms with Crippen molar-refractivity contribution < 1.29 is 19.1 Å². The number of carbonyl (C=O) groups excluding carboxylic acids is 2. The maximum atomic E-state index is 12.3. The number of esters is 1. The van der Waals surface area contributed by atoms with E-state index in [0.717, 1.165) is 25.1 Å². The molecular weight excluding hydrogens is 332 g/mol. The van der Waals surface area contributed by atoms with E-state index in [2.05, 4.69) is 4.90 Å². The van der Waals surface area contributed by atoms with Gasteiger partial charge in [-0.05, 0) is 61.4 Å². The number of hydrogen-bond donors (Lipinski definition) is 1. The molecule has 3 rings (SSSR count). The van der Waals surface area contributed by atoms with Gasteiger partial charge in [-0.25, -0.2) is 4.79 Å². The summed E-state index contributed by atoms with van der Waals surface area (Å²) >= 11 is 0. The number of anilines is 1. The summed E-state index contributed by atoms with van der Waals surface area (Å²) in [6, 6.07) is 14.0. The van der Waals surface area contributed by atoms with Crippen molar-refractivity contribution in [3.63, 3.8) is 0 Å². The molecule has 0 aliphatic carbocycles. The number of carbonyl (C=O) groups is 2. The van der Waals surface area contributed by atoms with Crippen LogP contribution in [0.4, 0.5) is 5.69 Å². The zero-order valence-corrected chi connectivity index (χ0v) is 14.7. The minimum atomic E-state index is -0.421. The molecule has 2 N–H and O–H groups in total. The van der Waals surface area contributed by atoms with Crippen LogP contribution in [-0.4, -0.2) is 32.1 Å². The van der Waals surface area contributed by atoms with Crippen LogP contribution >= 0.6 is 0 Å². The number of methoxy groups -OCH3 is 1. The van der Waals surface area contributed by atoms with E-state index in [0.29, 0.717) is 23.6 Å². The predicted octanol–water partition coefficient (Wildman–Crippen LogP) is 2.62. The fourth-order valence-electron chi connectivity index (χ4n) is 3.06. The number of amides is 1. The van der Waals surface area contributed by atoms with Gasteiger partial charge in [-0.2, -0.15) is 0 Å². The molecule has 0 spiro atoms. The molecular formula is C20H22N2O4. The standard InChI is InChI=1S/C20H22N2O4/c1-25-17-8-10-18(11-9-17)26-20(24)14-4-6-16(7-5-14)22-12-2-3-15(13-22)19(21)23/h4-11,15H,2-3,12-13H2,1H3,(H2,21,23)/t15-/m0/s1. The number of benzene rings is 2. The summed E-state index contributed by atoms with van der Waals surface area (Å²) in [6.45, 7) is 1.49. The molecule has 1 saturated heterocycles. The molecule has 136 valence electrons. The van der Waals surface area contributed by atoms with Crippen molar-refractivity contribution in [2.45, 2.75) is 12.8 Å². The van der Waals surface area contributed by atoms with E-state index >= 15 is 0 Å². The van der Waals surface area contributed by atoms with Gasteiger partial charge in [0.25, 0.3) is 0 Å². The first-order chi connectivity index (χ1) is 12.6. The van der Waals surface area contributed by atoms with Gasteiger partial charge < -0.3 is 20.1 Å². The maximum absolute atomic E-state index is 12.3. The van der Waals surface area contributed by atoms with Crippen LogP contribution in [0.5, 0.6) is 11.5 Å². The van der Waals surface area contributed by atoms with Crippen LogP contribution in [0.25, 0.3) is 0 Å². The monoisotopic (exact) mass is 354 g/mol. The lowest BCUT2D eigenvalue weighted by atomic mass is 9.97. The van der Waals surface area contributed by atoms with E-state index in [1.54, 1.807) is 43.5 Å². The van der Waals surface area contributed by atoms with Crippen molar-refractivity contribution in [1.29, 1.82) is 0 Å². The van der Waals surface area contributed by atoms with Crippen molar-refractivity contribution >= 4 is 17.6 Å². The molecule has 0 aromatic heterocycles. The second-order valence-corrected chi connectivity index (χ2v) is 6.30. The SMILES string of the molecule is COc1ccc(OC(=O)c2ccc(N3CCC[C@H](C(N)=O)C3)cc2)cc1. The third kappa shape index (κ3) is 4.14. The lowest BCUT2D eigenvalue weighted by molar-refractivity contribution is -0.122. The molecule has 0 unspecified atom stereocenters. The number of ether oxygens (including phenoxy) is 2. The van der Waals surface area contributed by atoms with Gasteiger partial charge in [0.1, 0.15) is 11.5 Å². The molecule has 1 heterocycles. The fourth-order valence-corrected chi connectivity index (χ4v) is 3.06. The molecule has 0 saturated carbocycles. The Hall–Kier alpha value is -3.02. The zero-order chi connectivity index (χ0) is 18.5. The number of primary amides is 1. The summed E-state index contributed by atoms with van der Waals surface area (Å²) in [5.41, 5.74) is 6.86. The molecule has 2 aromatic rings. The summed E-state index contributed by atoms with van der Waals surface area (Å²) in [4.78, 5) is 25.8. The summed E-state index contributed by atoms with van der Waals surface area (Å²) in [5.74, 6) is 0.360. The molecule has 1 aliphatic heterocycles. The van der Waals surface area contributed by atoms with E-state index in [-0.39, 0.29) is 11.8 Å². The Morgan fingerprint density at radius 3 is 2.31 bits per heavy atom. The second kappa shape index (κ2) is 7.91.